The van der Waals surface area contributed by atoms with E-state index in [4.69, 9.17) is 18.9 Å². The normalized spacial score (nSPS) is 11.2. The third-order valence-corrected chi connectivity index (χ3v) is 8.22. The molecule has 0 aliphatic heterocycles. The molecule has 0 fully saturated rings. The van der Waals surface area contributed by atoms with Crippen LogP contribution < -0.4 is 24.8 Å². The molecule has 1 atom stereocenters. The van der Waals surface area contributed by atoms with E-state index in [0.29, 0.717) is 49.5 Å². The number of nitrogens with one attached hydrogen (secondary N) is 2. The molecule has 5 rings (SSSR count). The molecule has 1 unspecified atom stereocenters. The van der Waals surface area contributed by atoms with Gasteiger partial charge < -0.3 is 29.6 Å². The first-order valence-electron chi connectivity index (χ1n) is 17.4. The van der Waals surface area contributed by atoms with Gasteiger partial charge in [-0.1, -0.05) is 121 Å². The Morgan fingerprint density at radius 2 is 1.06 bits per heavy atom. The molecule has 0 aromatic heterocycles. The van der Waals surface area contributed by atoms with Crippen molar-refractivity contribution in [2.24, 2.45) is 0 Å². The molecule has 2 amide bonds. The Hall–Kier alpha value is -6.09. The van der Waals surface area contributed by atoms with Gasteiger partial charge in [0.05, 0.1) is 13.5 Å². The van der Waals surface area contributed by atoms with Crippen LogP contribution in [0, 0.1) is 0 Å². The lowest BCUT2D eigenvalue weighted by Gasteiger charge is -2.20. The predicted octanol–water partition coefficient (Wildman–Crippen LogP) is 7.22. The summed E-state index contributed by atoms with van der Waals surface area (Å²) in [5.74, 6) is -0.157. The lowest BCUT2D eigenvalue weighted by Crippen LogP contribution is -2.41. The van der Waals surface area contributed by atoms with E-state index in [0.717, 1.165) is 22.3 Å². The van der Waals surface area contributed by atoms with Crippen LogP contribution in [-0.4, -0.2) is 37.5 Å². The summed E-state index contributed by atoms with van der Waals surface area (Å²) in [6.45, 7) is 1.13. The second-order valence-corrected chi connectivity index (χ2v) is 12.2. The van der Waals surface area contributed by atoms with E-state index in [1.807, 2.05) is 121 Å². The van der Waals surface area contributed by atoms with Crippen molar-refractivity contribution in [3.63, 3.8) is 0 Å². The standard InChI is InChI=1S/C43H44N2O7/c1-49-43(48)37(24-14-15-25-44-40(46)26-32-16-6-2-7-17-32)45-42(47)36-27-38(50-29-33-18-8-3-9-19-33)41(52-31-35-22-12-5-13-23-35)39(28-36)51-30-34-20-10-4-11-21-34/h2-13,16-23,27-28,37H,14-15,24-26,29-31H2,1H3,(H,44,46)(H,45,47). The number of hydrogen-bond donors (Lipinski definition) is 2. The van der Waals surface area contributed by atoms with E-state index in [2.05, 4.69) is 10.6 Å². The van der Waals surface area contributed by atoms with Gasteiger partial charge in [0.2, 0.25) is 11.7 Å². The van der Waals surface area contributed by atoms with Crippen molar-refractivity contribution in [3.05, 3.63) is 161 Å². The Balaban J connectivity index is 1.32. The lowest BCUT2D eigenvalue weighted by atomic mass is 10.1. The monoisotopic (exact) mass is 700 g/mol. The van der Waals surface area contributed by atoms with Gasteiger partial charge in [0.1, 0.15) is 25.9 Å². The van der Waals surface area contributed by atoms with Crippen molar-refractivity contribution in [3.8, 4) is 17.2 Å². The smallest absolute Gasteiger partial charge is 0.328 e. The number of unbranched alkanes of at least 4 members (excludes halogenated alkanes) is 1. The molecule has 0 bridgehead atoms. The summed E-state index contributed by atoms with van der Waals surface area (Å²) in [5.41, 5.74) is 3.97. The number of rotatable bonds is 19. The van der Waals surface area contributed by atoms with E-state index in [1.54, 1.807) is 12.1 Å². The van der Waals surface area contributed by atoms with E-state index in [-0.39, 0.29) is 31.3 Å². The second-order valence-electron chi connectivity index (χ2n) is 12.2. The molecule has 0 spiro atoms. The Morgan fingerprint density at radius 1 is 0.596 bits per heavy atom. The van der Waals surface area contributed by atoms with Crippen molar-refractivity contribution in [2.75, 3.05) is 13.7 Å². The van der Waals surface area contributed by atoms with Crippen molar-refractivity contribution in [1.82, 2.24) is 10.6 Å². The topological polar surface area (TPSA) is 112 Å². The van der Waals surface area contributed by atoms with E-state index in [1.165, 1.54) is 7.11 Å². The molecule has 9 heteroatoms. The van der Waals surface area contributed by atoms with Crippen LogP contribution in [0.1, 0.15) is 51.9 Å². The molecule has 268 valence electrons. The number of carbonyl (C=O) groups excluding carboxylic acids is 3. The van der Waals surface area contributed by atoms with E-state index < -0.39 is 17.9 Å². The zero-order valence-corrected chi connectivity index (χ0v) is 29.3. The van der Waals surface area contributed by atoms with Gasteiger partial charge in [-0.15, -0.1) is 0 Å². The number of esters is 1. The first-order chi connectivity index (χ1) is 25.5. The van der Waals surface area contributed by atoms with E-state index in [9.17, 15) is 14.4 Å². The van der Waals surface area contributed by atoms with Gasteiger partial charge in [-0.3, -0.25) is 9.59 Å². The summed E-state index contributed by atoms with van der Waals surface area (Å²) in [4.78, 5) is 39.0. The molecule has 5 aromatic carbocycles. The number of amides is 2. The van der Waals surface area contributed by atoms with Gasteiger partial charge >= 0.3 is 5.97 Å². The predicted molar refractivity (Wildman–Crippen MR) is 199 cm³/mol. The molecular formula is C43H44N2O7. The highest BCUT2D eigenvalue weighted by Gasteiger charge is 2.25. The van der Waals surface area contributed by atoms with Crippen molar-refractivity contribution >= 4 is 17.8 Å². The first-order valence-corrected chi connectivity index (χ1v) is 17.4. The summed E-state index contributed by atoms with van der Waals surface area (Å²) >= 11 is 0. The Bertz CT molecular complexity index is 1790. The summed E-state index contributed by atoms with van der Waals surface area (Å²) < 4.78 is 24.0. The summed E-state index contributed by atoms with van der Waals surface area (Å²) in [5, 5.41) is 5.76. The third kappa shape index (κ3) is 11.8. The molecular weight excluding hydrogens is 656 g/mol. The Kier molecular flexibility index (Phi) is 14.2. The van der Waals surface area contributed by atoms with Gasteiger partial charge in [-0.2, -0.15) is 0 Å². The number of ether oxygens (including phenoxy) is 4. The van der Waals surface area contributed by atoms with Gasteiger partial charge in [0, 0.05) is 12.1 Å². The van der Waals surface area contributed by atoms with Crippen LogP contribution in [0.5, 0.6) is 17.2 Å². The van der Waals surface area contributed by atoms with Crippen LogP contribution in [0.3, 0.4) is 0 Å². The van der Waals surface area contributed by atoms with Crippen LogP contribution in [0.25, 0.3) is 0 Å². The maximum absolute atomic E-state index is 13.8. The highest BCUT2D eigenvalue weighted by Crippen LogP contribution is 2.40. The molecule has 52 heavy (non-hydrogen) atoms. The highest BCUT2D eigenvalue weighted by atomic mass is 16.5. The number of methoxy groups -OCH3 is 1. The number of benzene rings is 5. The average molecular weight is 701 g/mol. The molecule has 2 N–H and O–H groups in total. The maximum atomic E-state index is 13.8. The molecule has 5 aromatic rings. The quantitative estimate of drug-likeness (QED) is 0.0691. The second kappa shape index (κ2) is 19.9. The molecule has 9 nitrogen and oxygen atoms in total. The fourth-order valence-corrected chi connectivity index (χ4v) is 5.44. The molecule has 0 saturated heterocycles. The molecule has 0 heterocycles. The summed E-state index contributed by atoms with van der Waals surface area (Å²) in [6, 6.07) is 40.9. The minimum atomic E-state index is -0.908. The lowest BCUT2D eigenvalue weighted by molar-refractivity contribution is -0.143. The minimum absolute atomic E-state index is 0.0733. The minimum Gasteiger partial charge on any atom is -0.485 e. The Labute approximate surface area is 304 Å². The van der Waals surface area contributed by atoms with Gasteiger partial charge in [0.15, 0.2) is 11.5 Å². The fraction of sp³-hybridized carbons (Fsp3) is 0.233. The van der Waals surface area contributed by atoms with Crippen LogP contribution in [0.4, 0.5) is 0 Å². The van der Waals surface area contributed by atoms with Crippen LogP contribution in [0.15, 0.2) is 133 Å². The van der Waals surface area contributed by atoms with Gasteiger partial charge in [-0.05, 0) is 53.6 Å². The number of carbonyl (C=O) groups is 3. The first kappa shape index (κ1) is 37.2. The summed E-state index contributed by atoms with van der Waals surface area (Å²) in [6.07, 6.45) is 1.80. The van der Waals surface area contributed by atoms with Gasteiger partial charge in [0.25, 0.3) is 5.91 Å². The van der Waals surface area contributed by atoms with Crippen LogP contribution >= 0.6 is 0 Å². The third-order valence-electron chi connectivity index (χ3n) is 8.22. The van der Waals surface area contributed by atoms with Crippen LogP contribution in [-0.2, 0) is 40.6 Å². The van der Waals surface area contributed by atoms with Crippen LogP contribution in [0.2, 0.25) is 0 Å². The average Bonchev–Trinajstić information content (AvgIpc) is 3.19. The van der Waals surface area contributed by atoms with Crippen molar-refractivity contribution in [2.45, 2.75) is 51.5 Å². The molecule has 0 saturated carbocycles. The maximum Gasteiger partial charge on any atom is 0.328 e. The van der Waals surface area contributed by atoms with Crippen molar-refractivity contribution in [1.29, 1.82) is 0 Å². The number of hydrogen-bond acceptors (Lipinski definition) is 7. The Morgan fingerprint density at radius 3 is 1.54 bits per heavy atom. The largest absolute Gasteiger partial charge is 0.485 e. The SMILES string of the molecule is COC(=O)C(CCCCNC(=O)Cc1ccccc1)NC(=O)c1cc(OCc2ccccc2)c(OCc2ccccc2)c(OCc2ccccc2)c1. The molecule has 0 aliphatic rings. The molecule has 0 aliphatic carbocycles. The zero-order valence-electron chi connectivity index (χ0n) is 29.3. The summed E-state index contributed by atoms with van der Waals surface area (Å²) in [7, 11) is 1.29. The van der Waals surface area contributed by atoms with Gasteiger partial charge in [-0.25, -0.2) is 4.79 Å². The molecule has 0 radical (unpaired) electrons. The fourth-order valence-electron chi connectivity index (χ4n) is 5.44. The van der Waals surface area contributed by atoms with Crippen molar-refractivity contribution < 1.29 is 33.3 Å². The zero-order chi connectivity index (χ0) is 36.4. The highest BCUT2D eigenvalue weighted by molar-refractivity contribution is 5.98. The van der Waals surface area contributed by atoms with E-state index >= 15 is 0 Å².